The monoisotopic (exact) mass is 247 g/mol. The highest BCUT2D eigenvalue weighted by molar-refractivity contribution is 5.77. The first-order valence-corrected chi connectivity index (χ1v) is 5.68. The van der Waals surface area contributed by atoms with Gasteiger partial charge in [-0.15, -0.1) is 0 Å². The number of hydrogen-bond acceptors (Lipinski definition) is 5. The first-order valence-electron chi connectivity index (χ1n) is 5.68. The van der Waals surface area contributed by atoms with Crippen molar-refractivity contribution < 1.29 is 23.7 Å². The fourth-order valence-corrected chi connectivity index (χ4v) is 1.45. The summed E-state index contributed by atoms with van der Waals surface area (Å²) in [5, 5.41) is 2.73. The van der Waals surface area contributed by atoms with Crippen LogP contribution in [0.4, 0.5) is 0 Å². The molecule has 6 heteroatoms. The topological polar surface area (TPSA) is 66.0 Å². The van der Waals surface area contributed by atoms with E-state index in [1.807, 2.05) is 13.8 Å². The summed E-state index contributed by atoms with van der Waals surface area (Å²) in [6, 6.07) is 0. The SMILES string of the molecule is COCCOCC(=O)NCC1COC(C)(C)O1. The molecule has 0 saturated carbocycles. The lowest BCUT2D eigenvalue weighted by Crippen LogP contribution is -2.36. The quantitative estimate of drug-likeness (QED) is 0.637. The van der Waals surface area contributed by atoms with Crippen molar-refractivity contribution in [3.05, 3.63) is 0 Å². The van der Waals surface area contributed by atoms with E-state index < -0.39 is 5.79 Å². The fraction of sp³-hybridized carbons (Fsp3) is 0.909. The second-order valence-electron chi connectivity index (χ2n) is 4.30. The van der Waals surface area contributed by atoms with Gasteiger partial charge in [-0.2, -0.15) is 0 Å². The number of rotatable bonds is 7. The summed E-state index contributed by atoms with van der Waals surface area (Å²) < 4.78 is 20.8. The van der Waals surface area contributed by atoms with Crippen molar-refractivity contribution in [1.82, 2.24) is 5.32 Å². The van der Waals surface area contributed by atoms with Gasteiger partial charge in [-0.05, 0) is 13.8 Å². The van der Waals surface area contributed by atoms with Crippen molar-refractivity contribution in [2.24, 2.45) is 0 Å². The van der Waals surface area contributed by atoms with Gasteiger partial charge in [0.2, 0.25) is 5.91 Å². The van der Waals surface area contributed by atoms with Crippen LogP contribution in [0.15, 0.2) is 0 Å². The smallest absolute Gasteiger partial charge is 0.246 e. The van der Waals surface area contributed by atoms with Gasteiger partial charge >= 0.3 is 0 Å². The van der Waals surface area contributed by atoms with Crippen molar-refractivity contribution in [2.75, 3.05) is 40.1 Å². The highest BCUT2D eigenvalue weighted by Gasteiger charge is 2.32. The zero-order valence-electron chi connectivity index (χ0n) is 10.7. The van der Waals surface area contributed by atoms with E-state index in [9.17, 15) is 4.79 Å². The number of hydrogen-bond donors (Lipinski definition) is 1. The number of ether oxygens (including phenoxy) is 4. The Labute approximate surface area is 102 Å². The van der Waals surface area contributed by atoms with E-state index in [0.29, 0.717) is 26.4 Å². The molecule has 100 valence electrons. The third-order valence-corrected chi connectivity index (χ3v) is 2.26. The summed E-state index contributed by atoms with van der Waals surface area (Å²) in [6.07, 6.45) is -0.0899. The summed E-state index contributed by atoms with van der Waals surface area (Å²) in [5.41, 5.74) is 0. The molecule has 0 aliphatic carbocycles. The Morgan fingerprint density at radius 2 is 2.24 bits per heavy atom. The molecule has 17 heavy (non-hydrogen) atoms. The van der Waals surface area contributed by atoms with Gasteiger partial charge in [-0.25, -0.2) is 0 Å². The molecule has 0 aromatic heterocycles. The van der Waals surface area contributed by atoms with E-state index in [0.717, 1.165) is 0 Å². The molecule has 0 aromatic rings. The van der Waals surface area contributed by atoms with Crippen molar-refractivity contribution in [3.8, 4) is 0 Å². The van der Waals surface area contributed by atoms with Gasteiger partial charge in [0.1, 0.15) is 12.7 Å². The van der Waals surface area contributed by atoms with Crippen LogP contribution in [-0.4, -0.2) is 57.9 Å². The Morgan fingerprint density at radius 1 is 1.47 bits per heavy atom. The number of carbonyl (C=O) groups excluding carboxylic acids is 1. The average molecular weight is 247 g/mol. The van der Waals surface area contributed by atoms with Crippen molar-refractivity contribution in [3.63, 3.8) is 0 Å². The molecule has 1 rings (SSSR count). The van der Waals surface area contributed by atoms with E-state index in [1.165, 1.54) is 0 Å². The lowest BCUT2D eigenvalue weighted by atomic mass is 10.3. The van der Waals surface area contributed by atoms with E-state index in [4.69, 9.17) is 18.9 Å². The normalized spacial score (nSPS) is 22.6. The molecular formula is C11H21NO5. The molecule has 1 N–H and O–H groups in total. The maximum atomic E-state index is 11.4. The van der Waals surface area contributed by atoms with Gasteiger partial charge in [0.15, 0.2) is 5.79 Å². The Bertz CT molecular complexity index is 244. The van der Waals surface area contributed by atoms with Gasteiger partial charge in [0, 0.05) is 13.7 Å². The molecule has 0 bridgehead atoms. The van der Waals surface area contributed by atoms with Crippen LogP contribution >= 0.6 is 0 Å². The molecular weight excluding hydrogens is 226 g/mol. The van der Waals surface area contributed by atoms with Crippen LogP contribution in [0.1, 0.15) is 13.8 Å². The minimum Gasteiger partial charge on any atom is -0.382 e. The first-order chi connectivity index (χ1) is 8.03. The van der Waals surface area contributed by atoms with E-state index in [1.54, 1.807) is 7.11 Å². The van der Waals surface area contributed by atoms with Crippen LogP contribution in [0.5, 0.6) is 0 Å². The summed E-state index contributed by atoms with van der Waals surface area (Å²) >= 11 is 0. The third-order valence-electron chi connectivity index (χ3n) is 2.26. The van der Waals surface area contributed by atoms with Crippen LogP contribution in [0.3, 0.4) is 0 Å². The third kappa shape index (κ3) is 5.97. The van der Waals surface area contributed by atoms with Crippen LogP contribution in [0.25, 0.3) is 0 Å². The molecule has 1 aliphatic heterocycles. The first kappa shape index (κ1) is 14.4. The Balaban J connectivity index is 2.04. The van der Waals surface area contributed by atoms with Gasteiger partial charge in [0.25, 0.3) is 0 Å². The Morgan fingerprint density at radius 3 is 2.82 bits per heavy atom. The highest BCUT2D eigenvalue weighted by Crippen LogP contribution is 2.21. The molecule has 1 fully saturated rings. The van der Waals surface area contributed by atoms with Crippen LogP contribution < -0.4 is 5.32 Å². The minimum absolute atomic E-state index is 0.0420. The zero-order chi connectivity index (χ0) is 12.7. The van der Waals surface area contributed by atoms with Gasteiger partial charge < -0.3 is 24.3 Å². The Hall–Kier alpha value is -0.690. The molecule has 1 amide bonds. The molecule has 1 atom stereocenters. The van der Waals surface area contributed by atoms with E-state index in [-0.39, 0.29) is 18.6 Å². The van der Waals surface area contributed by atoms with Crippen molar-refractivity contribution >= 4 is 5.91 Å². The number of nitrogens with one attached hydrogen (secondary N) is 1. The maximum absolute atomic E-state index is 11.4. The van der Waals surface area contributed by atoms with Crippen LogP contribution in [0.2, 0.25) is 0 Å². The molecule has 6 nitrogen and oxygen atoms in total. The van der Waals surface area contributed by atoms with Gasteiger partial charge in [-0.1, -0.05) is 0 Å². The highest BCUT2D eigenvalue weighted by atomic mass is 16.7. The predicted molar refractivity (Wildman–Crippen MR) is 60.6 cm³/mol. The van der Waals surface area contributed by atoms with Gasteiger partial charge in [-0.3, -0.25) is 4.79 Å². The molecule has 1 saturated heterocycles. The molecule has 1 heterocycles. The maximum Gasteiger partial charge on any atom is 0.246 e. The van der Waals surface area contributed by atoms with Crippen LogP contribution in [0, 0.1) is 0 Å². The summed E-state index contributed by atoms with van der Waals surface area (Å²) in [5.74, 6) is -0.709. The lowest BCUT2D eigenvalue weighted by molar-refractivity contribution is -0.140. The second-order valence-corrected chi connectivity index (χ2v) is 4.30. The van der Waals surface area contributed by atoms with Crippen molar-refractivity contribution in [2.45, 2.75) is 25.7 Å². The van der Waals surface area contributed by atoms with Crippen LogP contribution in [-0.2, 0) is 23.7 Å². The average Bonchev–Trinajstić information content (AvgIpc) is 2.62. The van der Waals surface area contributed by atoms with E-state index in [2.05, 4.69) is 5.32 Å². The number of methoxy groups -OCH3 is 1. The predicted octanol–water partition coefficient (Wildman–Crippen LogP) is -0.0829. The lowest BCUT2D eigenvalue weighted by Gasteiger charge is -2.17. The summed E-state index contributed by atoms with van der Waals surface area (Å²) in [4.78, 5) is 11.4. The summed E-state index contributed by atoms with van der Waals surface area (Å²) in [6.45, 7) is 5.58. The standard InChI is InChI=1S/C11H21NO5/c1-11(2)16-7-9(17-11)6-12-10(13)8-15-5-4-14-3/h9H,4-8H2,1-3H3,(H,12,13). The second kappa shape index (κ2) is 6.90. The number of carbonyl (C=O) groups is 1. The molecule has 0 aromatic carbocycles. The molecule has 0 radical (unpaired) electrons. The largest absolute Gasteiger partial charge is 0.382 e. The molecule has 1 unspecified atom stereocenters. The minimum atomic E-state index is -0.551. The zero-order valence-corrected chi connectivity index (χ0v) is 10.7. The van der Waals surface area contributed by atoms with Crippen molar-refractivity contribution in [1.29, 1.82) is 0 Å². The molecule has 0 spiro atoms. The van der Waals surface area contributed by atoms with Gasteiger partial charge in [0.05, 0.1) is 19.8 Å². The molecule has 1 aliphatic rings. The Kier molecular flexibility index (Phi) is 5.84. The van der Waals surface area contributed by atoms with E-state index >= 15 is 0 Å². The number of amides is 1. The fourth-order valence-electron chi connectivity index (χ4n) is 1.45. The summed E-state index contributed by atoms with van der Waals surface area (Å²) in [7, 11) is 1.59.